The first-order valence-corrected chi connectivity index (χ1v) is 8.36. The van der Waals surface area contributed by atoms with E-state index in [9.17, 15) is 4.79 Å². The smallest absolute Gasteiger partial charge is 0.283 e. The third kappa shape index (κ3) is 3.22. The summed E-state index contributed by atoms with van der Waals surface area (Å²) >= 11 is 0. The van der Waals surface area contributed by atoms with Crippen molar-refractivity contribution >= 4 is 23.6 Å². The monoisotopic (exact) mass is 359 g/mol. The van der Waals surface area contributed by atoms with E-state index in [0.717, 1.165) is 22.6 Å². The van der Waals surface area contributed by atoms with Gasteiger partial charge in [0.15, 0.2) is 0 Å². The van der Waals surface area contributed by atoms with E-state index in [1.54, 1.807) is 13.2 Å². The van der Waals surface area contributed by atoms with Gasteiger partial charge in [-0.05, 0) is 42.8 Å². The molecule has 7 heteroatoms. The predicted octanol–water partition coefficient (Wildman–Crippen LogP) is 2.89. The zero-order valence-electron chi connectivity index (χ0n) is 14.9. The average molecular weight is 359 g/mol. The Balaban J connectivity index is 1.76. The van der Waals surface area contributed by atoms with E-state index in [0.29, 0.717) is 11.7 Å². The van der Waals surface area contributed by atoms with Crippen molar-refractivity contribution < 1.29 is 9.53 Å². The van der Waals surface area contributed by atoms with Crippen LogP contribution in [0.15, 0.2) is 71.9 Å². The Labute approximate surface area is 156 Å². The minimum Gasteiger partial charge on any atom is -0.497 e. The van der Waals surface area contributed by atoms with E-state index in [4.69, 9.17) is 4.74 Å². The molecule has 0 spiro atoms. The highest BCUT2D eigenvalue weighted by Crippen LogP contribution is 2.26. The van der Waals surface area contributed by atoms with Gasteiger partial charge in [-0.1, -0.05) is 29.8 Å². The number of carbonyl (C=O) groups excluding carboxylic acids is 1. The van der Waals surface area contributed by atoms with Crippen LogP contribution in [0.5, 0.6) is 5.75 Å². The van der Waals surface area contributed by atoms with Gasteiger partial charge in [0, 0.05) is 0 Å². The van der Waals surface area contributed by atoms with Crippen LogP contribution in [0.25, 0.3) is 6.08 Å². The average Bonchev–Trinajstić information content (AvgIpc) is 3.32. The number of aromatic nitrogens is 3. The number of aliphatic imine (C=N–C) groups is 1. The fourth-order valence-corrected chi connectivity index (χ4v) is 2.75. The van der Waals surface area contributed by atoms with Crippen LogP contribution in [-0.2, 0) is 4.79 Å². The molecule has 1 amide bonds. The zero-order chi connectivity index (χ0) is 18.8. The molecule has 2 heterocycles. The number of ether oxygens (including phenoxy) is 1. The van der Waals surface area contributed by atoms with Crippen LogP contribution in [0, 0.1) is 6.92 Å². The van der Waals surface area contributed by atoms with Crippen LogP contribution in [0.1, 0.15) is 11.1 Å². The molecular formula is C20H17N5O2. The number of methoxy groups -OCH3 is 1. The molecule has 27 heavy (non-hydrogen) atoms. The Morgan fingerprint density at radius 2 is 1.78 bits per heavy atom. The van der Waals surface area contributed by atoms with Crippen LogP contribution in [0.3, 0.4) is 0 Å². The molecule has 1 aromatic heterocycles. The molecule has 2 aromatic carbocycles. The number of amides is 1. The Morgan fingerprint density at radius 3 is 2.41 bits per heavy atom. The molecule has 1 aliphatic rings. The minimum absolute atomic E-state index is 0.222. The molecular weight excluding hydrogens is 342 g/mol. The largest absolute Gasteiger partial charge is 0.497 e. The van der Waals surface area contributed by atoms with Crippen LogP contribution in [-0.4, -0.2) is 33.7 Å². The number of benzene rings is 2. The van der Waals surface area contributed by atoms with E-state index in [-0.39, 0.29) is 5.91 Å². The van der Waals surface area contributed by atoms with Gasteiger partial charge >= 0.3 is 0 Å². The lowest BCUT2D eigenvalue weighted by molar-refractivity contribution is -0.113. The van der Waals surface area contributed by atoms with Gasteiger partial charge in [-0.3, -0.25) is 4.79 Å². The van der Waals surface area contributed by atoms with Crippen LogP contribution in [0.4, 0.5) is 5.69 Å². The van der Waals surface area contributed by atoms with Crippen LogP contribution >= 0.6 is 0 Å². The summed E-state index contributed by atoms with van der Waals surface area (Å²) in [5, 5.41) is 4.13. The quantitative estimate of drug-likeness (QED) is 0.674. The highest BCUT2D eigenvalue weighted by Gasteiger charge is 2.33. The van der Waals surface area contributed by atoms with Gasteiger partial charge in [-0.25, -0.2) is 14.9 Å². The fraction of sp³-hybridized carbons (Fsp3) is 0.100. The molecule has 0 bridgehead atoms. The second-order valence-electron chi connectivity index (χ2n) is 6.03. The van der Waals surface area contributed by atoms with E-state index >= 15 is 0 Å². The first-order valence-electron chi connectivity index (χ1n) is 8.36. The number of rotatable bonds is 3. The lowest BCUT2D eigenvalue weighted by Gasteiger charge is -2.17. The Kier molecular flexibility index (Phi) is 4.25. The van der Waals surface area contributed by atoms with Crippen molar-refractivity contribution in [1.29, 1.82) is 0 Å². The summed E-state index contributed by atoms with van der Waals surface area (Å²) in [5.74, 6) is 0.921. The summed E-state index contributed by atoms with van der Waals surface area (Å²) < 4.78 is 6.65. The van der Waals surface area contributed by atoms with Gasteiger partial charge in [0.1, 0.15) is 24.1 Å². The maximum absolute atomic E-state index is 13.1. The number of anilines is 1. The Bertz CT molecular complexity index is 1020. The summed E-state index contributed by atoms with van der Waals surface area (Å²) in [5.41, 5.74) is 3.01. The molecule has 0 radical (unpaired) electrons. The van der Waals surface area contributed by atoms with Crippen molar-refractivity contribution in [3.8, 4) is 5.75 Å². The standard InChI is InChI=1S/C20H17N5O2/c1-14-3-7-16(8-4-14)25-19(26)18(23-20(25)24-13-21-12-22-24)11-15-5-9-17(27-2)10-6-15/h3-13H,1-2H3. The SMILES string of the molecule is COc1ccc(C=C2N=C(n3cncn3)N(c3ccc(C)cc3)C2=O)cc1. The highest BCUT2D eigenvalue weighted by molar-refractivity contribution is 6.28. The third-order valence-corrected chi connectivity index (χ3v) is 4.18. The third-order valence-electron chi connectivity index (χ3n) is 4.18. The van der Waals surface area contributed by atoms with Gasteiger partial charge < -0.3 is 4.74 Å². The maximum atomic E-state index is 13.1. The van der Waals surface area contributed by atoms with Gasteiger partial charge in [-0.15, -0.1) is 0 Å². The predicted molar refractivity (Wildman–Crippen MR) is 102 cm³/mol. The molecule has 0 saturated heterocycles. The van der Waals surface area contributed by atoms with Gasteiger partial charge in [0.2, 0.25) is 5.96 Å². The van der Waals surface area contributed by atoms with Crippen molar-refractivity contribution in [3.63, 3.8) is 0 Å². The van der Waals surface area contributed by atoms with Crippen molar-refractivity contribution in [3.05, 3.63) is 78.0 Å². The molecule has 0 saturated carbocycles. The summed E-state index contributed by atoms with van der Waals surface area (Å²) in [4.78, 5) is 23.1. The topological polar surface area (TPSA) is 72.6 Å². The van der Waals surface area contributed by atoms with Crippen molar-refractivity contribution in [1.82, 2.24) is 14.8 Å². The van der Waals surface area contributed by atoms with E-state index in [1.165, 1.54) is 22.2 Å². The van der Waals surface area contributed by atoms with Crippen LogP contribution in [0.2, 0.25) is 0 Å². The molecule has 0 atom stereocenters. The molecule has 0 N–H and O–H groups in total. The van der Waals surface area contributed by atoms with E-state index in [2.05, 4.69) is 15.1 Å². The summed E-state index contributed by atoms with van der Waals surface area (Å²) in [6.45, 7) is 2.00. The van der Waals surface area contributed by atoms with E-state index in [1.807, 2.05) is 55.5 Å². The Hall–Kier alpha value is -3.74. The molecule has 0 fully saturated rings. The van der Waals surface area contributed by atoms with Crippen molar-refractivity contribution in [2.45, 2.75) is 6.92 Å². The number of hydrogen-bond donors (Lipinski definition) is 0. The zero-order valence-corrected chi connectivity index (χ0v) is 14.9. The van der Waals surface area contributed by atoms with Crippen molar-refractivity contribution in [2.24, 2.45) is 4.99 Å². The maximum Gasteiger partial charge on any atom is 0.283 e. The fourth-order valence-electron chi connectivity index (χ4n) is 2.75. The van der Waals surface area contributed by atoms with Gasteiger partial charge in [0.25, 0.3) is 5.91 Å². The summed E-state index contributed by atoms with van der Waals surface area (Å²) in [6, 6.07) is 15.1. The minimum atomic E-state index is -0.222. The Morgan fingerprint density at radius 1 is 1.04 bits per heavy atom. The molecule has 0 unspecified atom stereocenters. The first-order chi connectivity index (χ1) is 13.2. The van der Waals surface area contributed by atoms with Gasteiger partial charge in [-0.2, -0.15) is 9.78 Å². The first kappa shape index (κ1) is 16.7. The van der Waals surface area contributed by atoms with E-state index < -0.39 is 0 Å². The van der Waals surface area contributed by atoms with Gasteiger partial charge in [0.05, 0.1) is 12.8 Å². The molecule has 1 aliphatic heterocycles. The number of hydrogen-bond acceptors (Lipinski definition) is 5. The summed E-state index contributed by atoms with van der Waals surface area (Å²) in [7, 11) is 1.61. The molecule has 3 aromatic rings. The second kappa shape index (κ2) is 6.87. The molecule has 0 aliphatic carbocycles. The number of carbonyl (C=O) groups is 1. The summed E-state index contributed by atoms with van der Waals surface area (Å²) in [6.07, 6.45) is 4.67. The normalized spacial score (nSPS) is 15.3. The molecule has 4 rings (SSSR count). The van der Waals surface area contributed by atoms with Crippen molar-refractivity contribution in [2.75, 3.05) is 12.0 Å². The number of nitrogens with zero attached hydrogens (tertiary/aromatic N) is 5. The lowest BCUT2D eigenvalue weighted by atomic mass is 10.1. The number of aryl methyl sites for hydroxylation is 1. The lowest BCUT2D eigenvalue weighted by Crippen LogP contribution is -2.36. The second-order valence-corrected chi connectivity index (χ2v) is 6.03. The highest BCUT2D eigenvalue weighted by atomic mass is 16.5. The molecule has 134 valence electrons. The molecule has 7 nitrogen and oxygen atoms in total. The van der Waals surface area contributed by atoms with Crippen LogP contribution < -0.4 is 9.64 Å².